The van der Waals surface area contributed by atoms with E-state index in [0.717, 1.165) is 77.7 Å². The zero-order chi connectivity index (χ0) is 24.2. The Hall–Kier alpha value is -3.00. The Kier molecular flexibility index (Phi) is 7.27. The van der Waals surface area contributed by atoms with Gasteiger partial charge in [-0.3, -0.25) is 9.69 Å². The lowest BCUT2D eigenvalue weighted by molar-refractivity contribution is 0.0951. The van der Waals surface area contributed by atoms with Crippen molar-refractivity contribution in [3.63, 3.8) is 0 Å². The molecule has 0 aliphatic carbocycles. The number of carbonyl (C=O) groups excluding carboxylic acids is 1. The van der Waals surface area contributed by atoms with Crippen molar-refractivity contribution in [2.24, 2.45) is 0 Å². The van der Waals surface area contributed by atoms with Gasteiger partial charge in [-0.15, -0.1) is 11.3 Å². The maximum absolute atomic E-state index is 13.2. The first kappa shape index (κ1) is 23.7. The van der Waals surface area contributed by atoms with Gasteiger partial charge < -0.3 is 14.8 Å². The number of hydrogen-bond acceptors (Lipinski definition) is 5. The molecule has 1 aliphatic heterocycles. The highest BCUT2D eigenvalue weighted by Crippen LogP contribution is 2.35. The monoisotopic (exact) mass is 487 g/mol. The zero-order valence-corrected chi connectivity index (χ0v) is 21.4. The number of aromatic nitrogens is 2. The lowest BCUT2D eigenvalue weighted by Crippen LogP contribution is -2.46. The zero-order valence-electron chi connectivity index (χ0n) is 20.5. The number of benzene rings is 1. The van der Waals surface area contributed by atoms with E-state index >= 15 is 0 Å². The Morgan fingerprint density at radius 3 is 2.46 bits per heavy atom. The van der Waals surface area contributed by atoms with Gasteiger partial charge in [0.15, 0.2) is 0 Å². The van der Waals surface area contributed by atoms with Gasteiger partial charge in [-0.1, -0.05) is 30.3 Å². The van der Waals surface area contributed by atoms with Crippen molar-refractivity contribution in [2.45, 2.75) is 26.8 Å². The first-order chi connectivity index (χ1) is 17.1. The molecule has 0 atom stereocenters. The normalized spacial score (nSPS) is 15.0. The van der Waals surface area contributed by atoms with Gasteiger partial charge in [0.2, 0.25) is 0 Å². The molecule has 0 spiro atoms. The molecule has 35 heavy (non-hydrogen) atoms. The summed E-state index contributed by atoms with van der Waals surface area (Å²) >= 11 is 1.49. The van der Waals surface area contributed by atoms with Crippen molar-refractivity contribution in [3.05, 3.63) is 82.6 Å². The molecule has 1 N–H and O–H groups in total. The summed E-state index contributed by atoms with van der Waals surface area (Å²) in [5.74, 6) is -0.0126. The molecule has 7 heteroatoms. The van der Waals surface area contributed by atoms with Crippen LogP contribution in [-0.4, -0.2) is 64.5 Å². The molecule has 1 amide bonds. The van der Waals surface area contributed by atoms with Gasteiger partial charge in [0.05, 0.1) is 5.69 Å². The number of aryl methyl sites for hydroxylation is 2. The fourth-order valence-electron chi connectivity index (χ4n) is 4.90. The van der Waals surface area contributed by atoms with E-state index < -0.39 is 0 Å². The fraction of sp³-hybridized carbons (Fsp3) is 0.357. The number of rotatable bonds is 8. The van der Waals surface area contributed by atoms with Crippen LogP contribution in [0.5, 0.6) is 0 Å². The topological polar surface area (TPSA) is 53.4 Å². The van der Waals surface area contributed by atoms with Gasteiger partial charge in [-0.2, -0.15) is 0 Å². The highest BCUT2D eigenvalue weighted by molar-refractivity contribution is 7.21. The smallest absolute Gasteiger partial charge is 0.263 e. The van der Waals surface area contributed by atoms with E-state index in [1.54, 1.807) is 0 Å². The van der Waals surface area contributed by atoms with E-state index in [0.29, 0.717) is 6.54 Å². The van der Waals surface area contributed by atoms with Crippen LogP contribution in [0.3, 0.4) is 0 Å². The van der Waals surface area contributed by atoms with Gasteiger partial charge in [0, 0.05) is 62.7 Å². The first-order valence-corrected chi connectivity index (χ1v) is 13.2. The Balaban J connectivity index is 1.15. The van der Waals surface area contributed by atoms with Gasteiger partial charge >= 0.3 is 0 Å². The van der Waals surface area contributed by atoms with Crippen molar-refractivity contribution < 1.29 is 4.79 Å². The number of carbonyl (C=O) groups is 1. The van der Waals surface area contributed by atoms with Crippen molar-refractivity contribution in [1.82, 2.24) is 24.7 Å². The number of fused-ring (bicyclic) bond motifs is 1. The predicted octanol–water partition coefficient (Wildman–Crippen LogP) is 4.64. The van der Waals surface area contributed by atoms with Gasteiger partial charge in [-0.25, -0.2) is 4.98 Å². The van der Waals surface area contributed by atoms with Crippen molar-refractivity contribution >= 4 is 27.5 Å². The molecule has 1 saturated heterocycles. The van der Waals surface area contributed by atoms with Crippen LogP contribution in [0.15, 0.2) is 60.9 Å². The van der Waals surface area contributed by atoms with Gasteiger partial charge in [0.1, 0.15) is 9.71 Å². The second-order valence-electron chi connectivity index (χ2n) is 9.34. The third-order valence-electron chi connectivity index (χ3n) is 6.68. The molecule has 1 aliphatic rings. The van der Waals surface area contributed by atoms with Crippen LogP contribution in [0, 0.1) is 13.8 Å². The Morgan fingerprint density at radius 2 is 1.71 bits per heavy atom. The second-order valence-corrected chi connectivity index (χ2v) is 10.3. The summed E-state index contributed by atoms with van der Waals surface area (Å²) in [5.41, 5.74) is 4.45. The Bertz CT molecular complexity index is 1270. The Labute approximate surface area is 211 Å². The van der Waals surface area contributed by atoms with Crippen LogP contribution in [0.2, 0.25) is 0 Å². The molecule has 3 aromatic heterocycles. The average molecular weight is 488 g/mol. The van der Waals surface area contributed by atoms with E-state index in [9.17, 15) is 4.79 Å². The van der Waals surface area contributed by atoms with Crippen LogP contribution < -0.4 is 5.32 Å². The summed E-state index contributed by atoms with van der Waals surface area (Å²) in [5, 5.41) is 4.24. The van der Waals surface area contributed by atoms with E-state index in [1.165, 1.54) is 16.9 Å². The third-order valence-corrected chi connectivity index (χ3v) is 7.75. The summed E-state index contributed by atoms with van der Waals surface area (Å²) < 4.78 is 2.03. The molecule has 0 saturated carbocycles. The number of amides is 1. The van der Waals surface area contributed by atoms with Gasteiger partial charge in [0.25, 0.3) is 5.91 Å². The van der Waals surface area contributed by atoms with E-state index in [-0.39, 0.29) is 5.91 Å². The maximum Gasteiger partial charge on any atom is 0.263 e. The summed E-state index contributed by atoms with van der Waals surface area (Å²) in [6.45, 7) is 11.2. The van der Waals surface area contributed by atoms with Crippen LogP contribution in [0.25, 0.3) is 15.9 Å². The lowest BCUT2D eigenvalue weighted by Gasteiger charge is -2.34. The number of nitrogens with zero attached hydrogens (tertiary/aromatic N) is 4. The number of nitrogens with one attached hydrogen (secondary N) is 1. The fourth-order valence-corrected chi connectivity index (χ4v) is 6.12. The molecule has 5 rings (SSSR count). The van der Waals surface area contributed by atoms with Crippen LogP contribution in [0.1, 0.15) is 32.9 Å². The minimum atomic E-state index is -0.0126. The van der Waals surface area contributed by atoms with Crippen molar-refractivity contribution in [1.29, 1.82) is 0 Å². The van der Waals surface area contributed by atoms with Crippen LogP contribution in [-0.2, 0) is 6.54 Å². The highest BCUT2D eigenvalue weighted by atomic mass is 32.1. The maximum atomic E-state index is 13.2. The van der Waals surface area contributed by atoms with E-state index in [4.69, 9.17) is 4.98 Å². The number of piperazine rings is 1. The molecule has 0 radical (unpaired) electrons. The van der Waals surface area contributed by atoms with Crippen LogP contribution in [0.4, 0.5) is 0 Å². The standard InChI is InChI=1S/C28H33N5OS/c1-21-19-22(2)30-28-24(21)25(33-13-6-7-14-33)26(35-28)27(34)29-11-8-12-31-15-17-32(18-16-31)20-23-9-4-3-5-10-23/h3-7,9-10,13-14,19H,8,11-12,15-18,20H2,1-2H3,(H,29,34). The quantitative estimate of drug-likeness (QED) is 0.368. The third kappa shape index (κ3) is 5.48. The molecule has 182 valence electrons. The SMILES string of the molecule is Cc1cc(C)c2c(-n3cccc3)c(C(=O)NCCCN3CCN(Cc4ccccc4)CC3)sc2n1. The molecule has 1 fully saturated rings. The molecule has 0 bridgehead atoms. The minimum absolute atomic E-state index is 0.0126. The van der Waals surface area contributed by atoms with Gasteiger partial charge in [-0.05, 0) is 56.1 Å². The predicted molar refractivity (Wildman–Crippen MR) is 144 cm³/mol. The highest BCUT2D eigenvalue weighted by Gasteiger charge is 2.22. The van der Waals surface area contributed by atoms with Crippen molar-refractivity contribution in [3.8, 4) is 5.69 Å². The summed E-state index contributed by atoms with van der Waals surface area (Å²) in [4.78, 5) is 24.6. The number of thiophene rings is 1. The second kappa shape index (κ2) is 10.7. The molecule has 4 heterocycles. The lowest BCUT2D eigenvalue weighted by atomic mass is 10.1. The van der Waals surface area contributed by atoms with Crippen molar-refractivity contribution in [2.75, 3.05) is 39.3 Å². The van der Waals surface area contributed by atoms with E-state index in [1.807, 2.05) is 36.0 Å². The van der Waals surface area contributed by atoms with Crippen LogP contribution >= 0.6 is 11.3 Å². The summed E-state index contributed by atoms with van der Waals surface area (Å²) in [6.07, 6.45) is 4.94. The largest absolute Gasteiger partial charge is 0.351 e. The molecular weight excluding hydrogens is 454 g/mol. The summed E-state index contributed by atoms with van der Waals surface area (Å²) in [7, 11) is 0. The molecule has 1 aromatic carbocycles. The molecule has 6 nitrogen and oxygen atoms in total. The summed E-state index contributed by atoms with van der Waals surface area (Å²) in [6, 6.07) is 16.8. The Morgan fingerprint density at radius 1 is 1.00 bits per heavy atom. The molecule has 4 aromatic rings. The average Bonchev–Trinajstić information content (AvgIpc) is 3.51. The van der Waals surface area contributed by atoms with E-state index in [2.05, 4.69) is 58.4 Å². The first-order valence-electron chi connectivity index (χ1n) is 12.4. The minimum Gasteiger partial charge on any atom is -0.351 e. The number of pyridine rings is 1. The number of hydrogen-bond donors (Lipinski definition) is 1. The molecular formula is C28H33N5OS. The molecule has 0 unspecified atom stereocenters.